The number of hydrogen-bond donors (Lipinski definition) is 0. The Kier molecular flexibility index (Phi) is 5.17. The summed E-state index contributed by atoms with van der Waals surface area (Å²) in [6.07, 6.45) is 2.09. The summed E-state index contributed by atoms with van der Waals surface area (Å²) in [5.74, 6) is 0.0196. The van der Waals surface area contributed by atoms with E-state index in [9.17, 15) is 4.79 Å². The van der Waals surface area contributed by atoms with Crippen molar-refractivity contribution < 1.29 is 4.79 Å². The number of hydrogen-bond acceptors (Lipinski definition) is 4. The van der Waals surface area contributed by atoms with Gasteiger partial charge in [0.05, 0.1) is 28.9 Å². The zero-order chi connectivity index (χ0) is 19.5. The molecule has 28 heavy (non-hydrogen) atoms. The molecular formula is C23H21N3OS. The summed E-state index contributed by atoms with van der Waals surface area (Å²) in [6.45, 7) is 4.50. The zero-order valence-electron chi connectivity index (χ0n) is 15.9. The first kappa shape index (κ1) is 18.3. The third kappa shape index (κ3) is 3.94. The van der Waals surface area contributed by atoms with Crippen molar-refractivity contribution in [1.29, 1.82) is 0 Å². The highest BCUT2D eigenvalue weighted by Gasteiger charge is 2.21. The van der Waals surface area contributed by atoms with Crippen LogP contribution in [-0.4, -0.2) is 15.9 Å². The monoisotopic (exact) mass is 387 g/mol. The van der Waals surface area contributed by atoms with Crippen LogP contribution in [0, 0.1) is 13.8 Å². The smallest absolute Gasteiger partial charge is 0.233 e. The minimum atomic E-state index is 0.0196. The largest absolute Gasteiger partial charge is 0.282 e. The van der Waals surface area contributed by atoms with Gasteiger partial charge in [-0.25, -0.2) is 4.98 Å². The summed E-state index contributed by atoms with van der Waals surface area (Å²) in [5.41, 5.74) is 5.10. The second-order valence-corrected chi connectivity index (χ2v) is 7.89. The molecule has 4 aromatic rings. The maximum Gasteiger partial charge on any atom is 0.233 e. The zero-order valence-corrected chi connectivity index (χ0v) is 16.7. The highest BCUT2D eigenvalue weighted by Crippen LogP contribution is 2.31. The van der Waals surface area contributed by atoms with Crippen molar-refractivity contribution in [2.24, 2.45) is 0 Å². The molecule has 0 fully saturated rings. The van der Waals surface area contributed by atoms with Crippen LogP contribution in [0.1, 0.15) is 22.4 Å². The maximum atomic E-state index is 13.2. The van der Waals surface area contributed by atoms with Gasteiger partial charge in [0.15, 0.2) is 5.13 Å². The molecule has 0 aliphatic carbocycles. The summed E-state index contributed by atoms with van der Waals surface area (Å²) < 4.78 is 1.09. The summed E-state index contributed by atoms with van der Waals surface area (Å²) in [7, 11) is 0. The number of nitrogens with zero attached hydrogens (tertiary/aromatic N) is 3. The molecule has 0 aliphatic rings. The number of amides is 1. The number of carbonyl (C=O) groups is 1. The fraction of sp³-hybridized carbons (Fsp3) is 0.174. The molecular weight excluding hydrogens is 366 g/mol. The van der Waals surface area contributed by atoms with Crippen LogP contribution in [0.3, 0.4) is 0 Å². The average molecular weight is 388 g/mol. The van der Waals surface area contributed by atoms with E-state index in [1.54, 1.807) is 22.4 Å². The predicted molar refractivity (Wildman–Crippen MR) is 115 cm³/mol. The third-order valence-electron chi connectivity index (χ3n) is 4.66. The van der Waals surface area contributed by atoms with E-state index >= 15 is 0 Å². The van der Waals surface area contributed by atoms with Crippen molar-refractivity contribution >= 4 is 32.6 Å². The topological polar surface area (TPSA) is 46.1 Å². The number of fused-ring (bicyclic) bond motifs is 1. The number of aryl methyl sites for hydroxylation is 2. The SMILES string of the molecule is Cc1ccc(CC(=O)N(Cc2ccccn2)c2nc3c(C)cccc3s2)cc1. The molecule has 0 aliphatic heterocycles. The minimum Gasteiger partial charge on any atom is -0.282 e. The van der Waals surface area contributed by atoms with E-state index in [0.717, 1.165) is 27.0 Å². The van der Waals surface area contributed by atoms with Gasteiger partial charge in [-0.3, -0.25) is 14.7 Å². The molecule has 0 saturated carbocycles. The fourth-order valence-electron chi connectivity index (χ4n) is 3.08. The molecule has 1 amide bonds. The van der Waals surface area contributed by atoms with Crippen molar-refractivity contribution in [3.8, 4) is 0 Å². The summed E-state index contributed by atoms with van der Waals surface area (Å²) in [4.78, 5) is 24.2. The molecule has 0 atom stereocenters. The van der Waals surface area contributed by atoms with Crippen molar-refractivity contribution in [2.45, 2.75) is 26.8 Å². The second-order valence-electron chi connectivity index (χ2n) is 6.88. The number of para-hydroxylation sites is 1. The van der Waals surface area contributed by atoms with Gasteiger partial charge in [0, 0.05) is 6.20 Å². The molecule has 4 rings (SSSR count). The lowest BCUT2D eigenvalue weighted by molar-refractivity contribution is -0.118. The second kappa shape index (κ2) is 7.90. The first-order chi connectivity index (χ1) is 13.6. The third-order valence-corrected chi connectivity index (χ3v) is 5.71. The number of anilines is 1. The number of pyridine rings is 1. The number of rotatable bonds is 5. The number of thiazole rings is 1. The quantitative estimate of drug-likeness (QED) is 0.479. The first-order valence-corrected chi connectivity index (χ1v) is 10.0. The van der Waals surface area contributed by atoms with Gasteiger partial charge in [0.25, 0.3) is 0 Å². The average Bonchev–Trinajstić information content (AvgIpc) is 3.14. The van der Waals surface area contributed by atoms with E-state index in [4.69, 9.17) is 4.98 Å². The van der Waals surface area contributed by atoms with Crippen LogP contribution < -0.4 is 4.90 Å². The van der Waals surface area contributed by atoms with Gasteiger partial charge in [-0.05, 0) is 43.2 Å². The lowest BCUT2D eigenvalue weighted by Gasteiger charge is -2.19. The Morgan fingerprint density at radius 1 is 1.00 bits per heavy atom. The van der Waals surface area contributed by atoms with E-state index < -0.39 is 0 Å². The highest BCUT2D eigenvalue weighted by molar-refractivity contribution is 7.22. The van der Waals surface area contributed by atoms with Gasteiger partial charge in [-0.2, -0.15) is 0 Å². The van der Waals surface area contributed by atoms with E-state index in [2.05, 4.69) is 4.98 Å². The van der Waals surface area contributed by atoms with Gasteiger partial charge in [0.1, 0.15) is 0 Å². The molecule has 0 unspecified atom stereocenters. The van der Waals surface area contributed by atoms with E-state index in [0.29, 0.717) is 18.1 Å². The number of carbonyl (C=O) groups excluding carboxylic acids is 1. The van der Waals surface area contributed by atoms with Crippen LogP contribution in [0.25, 0.3) is 10.2 Å². The molecule has 4 nitrogen and oxygen atoms in total. The molecule has 140 valence electrons. The van der Waals surface area contributed by atoms with E-state index in [-0.39, 0.29) is 5.91 Å². The van der Waals surface area contributed by atoms with E-state index in [1.165, 1.54) is 5.56 Å². The van der Waals surface area contributed by atoms with Crippen LogP contribution in [0.15, 0.2) is 66.9 Å². The molecule has 0 bridgehead atoms. The van der Waals surface area contributed by atoms with Crippen LogP contribution in [0.5, 0.6) is 0 Å². The Morgan fingerprint density at radius 2 is 1.82 bits per heavy atom. The molecule has 2 heterocycles. The number of aromatic nitrogens is 2. The van der Waals surface area contributed by atoms with Gasteiger partial charge < -0.3 is 0 Å². The summed E-state index contributed by atoms with van der Waals surface area (Å²) in [6, 6.07) is 20.0. The molecule has 2 aromatic heterocycles. The Balaban J connectivity index is 1.69. The van der Waals surface area contributed by atoms with Crippen molar-refractivity contribution in [3.63, 3.8) is 0 Å². The highest BCUT2D eigenvalue weighted by atomic mass is 32.1. The van der Waals surface area contributed by atoms with Crippen LogP contribution in [0.4, 0.5) is 5.13 Å². The predicted octanol–water partition coefficient (Wildman–Crippen LogP) is 5.08. The first-order valence-electron chi connectivity index (χ1n) is 9.22. The lowest BCUT2D eigenvalue weighted by Crippen LogP contribution is -2.32. The molecule has 0 N–H and O–H groups in total. The van der Waals surface area contributed by atoms with Gasteiger partial charge in [-0.1, -0.05) is 59.4 Å². The van der Waals surface area contributed by atoms with Crippen molar-refractivity contribution in [2.75, 3.05) is 4.90 Å². The van der Waals surface area contributed by atoms with Crippen LogP contribution in [-0.2, 0) is 17.8 Å². The van der Waals surface area contributed by atoms with Gasteiger partial charge >= 0.3 is 0 Å². The summed E-state index contributed by atoms with van der Waals surface area (Å²) in [5, 5.41) is 0.715. The number of benzene rings is 2. The standard InChI is InChI=1S/C23H21N3OS/c1-16-9-11-18(12-10-16)14-21(27)26(15-19-7-3-4-13-24-19)23-25-22-17(2)6-5-8-20(22)28-23/h3-13H,14-15H2,1-2H3. The lowest BCUT2D eigenvalue weighted by atomic mass is 10.1. The van der Waals surface area contributed by atoms with Crippen LogP contribution in [0.2, 0.25) is 0 Å². The van der Waals surface area contributed by atoms with Crippen molar-refractivity contribution in [1.82, 2.24) is 9.97 Å². The maximum absolute atomic E-state index is 13.2. The fourth-order valence-corrected chi connectivity index (χ4v) is 4.14. The Bertz CT molecular complexity index is 1100. The Morgan fingerprint density at radius 3 is 2.54 bits per heavy atom. The van der Waals surface area contributed by atoms with Crippen LogP contribution >= 0.6 is 11.3 Å². The van der Waals surface area contributed by atoms with Crippen molar-refractivity contribution in [3.05, 3.63) is 89.2 Å². The molecule has 0 saturated heterocycles. The Hall–Kier alpha value is -3.05. The van der Waals surface area contributed by atoms with Gasteiger partial charge in [-0.15, -0.1) is 0 Å². The summed E-state index contributed by atoms with van der Waals surface area (Å²) >= 11 is 1.55. The molecule has 0 radical (unpaired) electrons. The van der Waals surface area contributed by atoms with E-state index in [1.807, 2.05) is 74.5 Å². The minimum absolute atomic E-state index is 0.0196. The molecule has 2 aromatic carbocycles. The van der Waals surface area contributed by atoms with Gasteiger partial charge in [0.2, 0.25) is 5.91 Å². The molecule has 5 heteroatoms. The normalized spacial score (nSPS) is 10.9. The Labute approximate surface area is 168 Å². The molecule has 0 spiro atoms.